The van der Waals surface area contributed by atoms with E-state index in [0.717, 1.165) is 28.3 Å². The summed E-state index contributed by atoms with van der Waals surface area (Å²) in [5.74, 6) is 1.82. The third-order valence-corrected chi connectivity index (χ3v) is 4.04. The molecule has 112 valence electrons. The number of hydrogen-bond acceptors (Lipinski definition) is 3. The molecule has 21 heavy (non-hydrogen) atoms. The van der Waals surface area contributed by atoms with Crippen LogP contribution in [0.15, 0.2) is 46.0 Å². The Morgan fingerprint density at radius 1 is 1.24 bits per heavy atom. The predicted molar refractivity (Wildman–Crippen MR) is 90.0 cm³/mol. The molecule has 1 heterocycles. The van der Waals surface area contributed by atoms with Crippen molar-refractivity contribution in [2.75, 3.05) is 0 Å². The lowest BCUT2D eigenvalue weighted by atomic mass is 10.1. The van der Waals surface area contributed by atoms with Crippen molar-refractivity contribution < 1.29 is 8.84 Å². The molecule has 1 aromatic carbocycles. The van der Waals surface area contributed by atoms with Gasteiger partial charge in [-0.15, -0.1) is 0 Å². The van der Waals surface area contributed by atoms with Gasteiger partial charge in [0.05, 0.1) is 18.0 Å². The molecule has 2 rings (SSSR count). The summed E-state index contributed by atoms with van der Waals surface area (Å²) in [6.45, 7) is 10.4. The lowest BCUT2D eigenvalue weighted by Crippen LogP contribution is -2.13. The van der Waals surface area contributed by atoms with Gasteiger partial charge in [-0.3, -0.25) is 4.99 Å². The summed E-state index contributed by atoms with van der Waals surface area (Å²) in [4.78, 5) is 4.78. The van der Waals surface area contributed by atoms with Crippen LogP contribution in [0.4, 0.5) is 0 Å². The summed E-state index contributed by atoms with van der Waals surface area (Å²) >= 11 is 0. The van der Waals surface area contributed by atoms with Crippen LogP contribution in [-0.2, 0) is 0 Å². The van der Waals surface area contributed by atoms with Crippen molar-refractivity contribution in [3.8, 4) is 5.75 Å². The maximum atomic E-state index is 6.01. The fourth-order valence-corrected chi connectivity index (χ4v) is 3.07. The molecule has 0 aliphatic heterocycles. The van der Waals surface area contributed by atoms with Gasteiger partial charge in [0.25, 0.3) is 0 Å². The van der Waals surface area contributed by atoms with Gasteiger partial charge in [-0.05, 0) is 51.6 Å². The van der Waals surface area contributed by atoms with E-state index in [1.807, 2.05) is 38.1 Å². The number of para-hydroxylation sites is 1. The average molecular weight is 301 g/mol. The van der Waals surface area contributed by atoms with Gasteiger partial charge < -0.3 is 8.84 Å². The molecular weight excluding hydrogens is 278 g/mol. The first kappa shape index (κ1) is 15.6. The summed E-state index contributed by atoms with van der Waals surface area (Å²) in [6.07, 6.45) is 1.70. The summed E-state index contributed by atoms with van der Waals surface area (Å²) in [6, 6.07) is 10.2. The van der Waals surface area contributed by atoms with Gasteiger partial charge >= 0.3 is 0 Å². The highest BCUT2D eigenvalue weighted by molar-refractivity contribution is 6.49. The second-order valence-corrected chi connectivity index (χ2v) is 7.86. The fourth-order valence-electron chi connectivity index (χ4n) is 2.35. The first-order chi connectivity index (χ1) is 9.99. The van der Waals surface area contributed by atoms with Crippen LogP contribution in [0, 0.1) is 6.92 Å². The van der Waals surface area contributed by atoms with Crippen molar-refractivity contribution in [3.05, 3.63) is 53.5 Å². The predicted octanol–water partition coefficient (Wildman–Crippen LogP) is 4.52. The molecule has 3 nitrogen and oxygen atoms in total. The quantitative estimate of drug-likeness (QED) is 0.601. The number of aliphatic imine (C=N–C) groups is 1. The van der Waals surface area contributed by atoms with Crippen LogP contribution < -0.4 is 4.43 Å². The van der Waals surface area contributed by atoms with Crippen LogP contribution in [0.25, 0.3) is 0 Å². The van der Waals surface area contributed by atoms with Crippen molar-refractivity contribution in [1.82, 2.24) is 0 Å². The average Bonchev–Trinajstić information content (AvgIpc) is 2.85. The highest BCUT2D eigenvalue weighted by atomic mass is 28.3. The monoisotopic (exact) mass is 301 g/mol. The molecule has 1 atom stereocenters. The Hall–Kier alpha value is -1.81. The summed E-state index contributed by atoms with van der Waals surface area (Å²) in [5, 5.41) is 0. The molecule has 0 spiro atoms. The van der Waals surface area contributed by atoms with Crippen LogP contribution in [0.5, 0.6) is 5.75 Å². The molecule has 0 saturated carbocycles. The van der Waals surface area contributed by atoms with E-state index in [1.54, 1.807) is 6.26 Å². The van der Waals surface area contributed by atoms with E-state index in [9.17, 15) is 0 Å². The van der Waals surface area contributed by atoms with Crippen LogP contribution in [0.1, 0.15) is 36.8 Å². The minimum Gasteiger partial charge on any atom is -0.547 e. The van der Waals surface area contributed by atoms with E-state index < -0.39 is 9.04 Å². The zero-order chi connectivity index (χ0) is 15.4. The van der Waals surface area contributed by atoms with Crippen molar-refractivity contribution in [3.63, 3.8) is 0 Å². The largest absolute Gasteiger partial charge is 0.547 e. The van der Waals surface area contributed by atoms with Crippen molar-refractivity contribution >= 4 is 14.8 Å². The number of benzene rings is 1. The summed E-state index contributed by atoms with van der Waals surface area (Å²) < 4.78 is 11.5. The fraction of sp³-hybridized carbons (Fsp3) is 0.353. The standard InChI is InChI=1S/C17H23NO2Si/c1-12-10-11-19-17(12)14(3)18-13(2)15-8-6-7-9-16(15)20-21(4)5/h6-11,13,21H,1-5H3. The number of rotatable bonds is 5. The third-order valence-electron chi connectivity index (χ3n) is 3.31. The van der Waals surface area contributed by atoms with Gasteiger partial charge in [0.1, 0.15) is 11.5 Å². The van der Waals surface area contributed by atoms with E-state index in [-0.39, 0.29) is 6.04 Å². The SMILES string of the molecule is CC(=NC(C)c1ccccc1O[SiH](C)C)c1occc1C. The number of aryl methyl sites for hydroxylation is 1. The Bertz CT molecular complexity index is 631. The second kappa shape index (κ2) is 6.76. The molecule has 0 N–H and O–H groups in total. The Labute approximate surface area is 128 Å². The first-order valence-electron chi connectivity index (χ1n) is 7.33. The number of hydrogen-bond donors (Lipinski definition) is 0. The highest BCUT2D eigenvalue weighted by Gasteiger charge is 2.13. The Kier molecular flexibility index (Phi) is 5.01. The molecule has 0 radical (unpaired) electrons. The van der Waals surface area contributed by atoms with Gasteiger partial charge in [0, 0.05) is 5.56 Å². The molecule has 0 aliphatic rings. The smallest absolute Gasteiger partial charge is 0.229 e. The van der Waals surface area contributed by atoms with E-state index in [1.165, 1.54) is 0 Å². The maximum absolute atomic E-state index is 6.01. The van der Waals surface area contributed by atoms with E-state index in [4.69, 9.17) is 13.8 Å². The number of nitrogens with zero attached hydrogens (tertiary/aromatic N) is 1. The minimum absolute atomic E-state index is 0.0402. The lowest BCUT2D eigenvalue weighted by Gasteiger charge is -2.17. The molecule has 1 unspecified atom stereocenters. The molecule has 4 heteroatoms. The van der Waals surface area contributed by atoms with E-state index >= 15 is 0 Å². The van der Waals surface area contributed by atoms with E-state index in [0.29, 0.717) is 0 Å². The molecule has 1 aromatic heterocycles. The van der Waals surface area contributed by atoms with Gasteiger partial charge in [0.2, 0.25) is 9.04 Å². The highest BCUT2D eigenvalue weighted by Crippen LogP contribution is 2.28. The Morgan fingerprint density at radius 3 is 2.57 bits per heavy atom. The molecule has 0 fully saturated rings. The van der Waals surface area contributed by atoms with Crippen LogP contribution in [-0.4, -0.2) is 14.8 Å². The van der Waals surface area contributed by atoms with Crippen LogP contribution in [0.3, 0.4) is 0 Å². The third kappa shape index (κ3) is 3.85. The molecular formula is C17H23NO2Si. The first-order valence-corrected chi connectivity index (χ1v) is 10.1. The van der Waals surface area contributed by atoms with Crippen LogP contribution in [0.2, 0.25) is 13.1 Å². The van der Waals surface area contributed by atoms with Crippen LogP contribution >= 0.6 is 0 Å². The van der Waals surface area contributed by atoms with Crippen molar-refractivity contribution in [2.45, 2.75) is 39.9 Å². The molecule has 0 saturated heterocycles. The van der Waals surface area contributed by atoms with Gasteiger partial charge in [0.15, 0.2) is 0 Å². The molecule has 0 aliphatic carbocycles. The van der Waals surface area contributed by atoms with Crippen molar-refractivity contribution in [2.24, 2.45) is 4.99 Å². The number of furan rings is 1. The van der Waals surface area contributed by atoms with Gasteiger partial charge in [-0.25, -0.2) is 0 Å². The van der Waals surface area contributed by atoms with E-state index in [2.05, 4.69) is 26.1 Å². The van der Waals surface area contributed by atoms with Gasteiger partial charge in [-0.2, -0.15) is 0 Å². The summed E-state index contributed by atoms with van der Waals surface area (Å²) in [5.41, 5.74) is 3.16. The zero-order valence-electron chi connectivity index (χ0n) is 13.4. The molecule has 0 amide bonds. The minimum atomic E-state index is -1.13. The molecule has 2 aromatic rings. The summed E-state index contributed by atoms with van der Waals surface area (Å²) in [7, 11) is -1.13. The Morgan fingerprint density at radius 2 is 1.95 bits per heavy atom. The normalized spacial score (nSPS) is 13.5. The topological polar surface area (TPSA) is 34.7 Å². The van der Waals surface area contributed by atoms with Gasteiger partial charge in [-0.1, -0.05) is 18.2 Å². The zero-order valence-corrected chi connectivity index (χ0v) is 14.5. The lowest BCUT2D eigenvalue weighted by molar-refractivity contribution is 0.551. The second-order valence-electron chi connectivity index (χ2n) is 5.53. The maximum Gasteiger partial charge on any atom is 0.229 e. The van der Waals surface area contributed by atoms with Crippen molar-refractivity contribution in [1.29, 1.82) is 0 Å². The Balaban J connectivity index is 2.28. The molecule has 0 bridgehead atoms.